The minimum Gasteiger partial charge on any atom is -0.387 e. The van der Waals surface area contributed by atoms with Gasteiger partial charge in [-0.15, -0.1) is 0 Å². The molecule has 1 unspecified atom stereocenters. The van der Waals surface area contributed by atoms with Gasteiger partial charge in [0.25, 0.3) is 0 Å². The molecule has 2 aromatic rings. The van der Waals surface area contributed by atoms with E-state index in [1.807, 2.05) is 0 Å². The topological polar surface area (TPSA) is 58.0 Å². The van der Waals surface area contributed by atoms with E-state index in [0.29, 0.717) is 10.6 Å². The van der Waals surface area contributed by atoms with Gasteiger partial charge in [-0.25, -0.2) is 9.97 Å². The molecule has 21 heavy (non-hydrogen) atoms. The molecule has 0 amide bonds. The number of rotatable bonds is 4. The fourth-order valence-electron chi connectivity index (χ4n) is 1.65. The molecule has 0 radical (unpaired) electrons. The molecule has 2 N–H and O–H groups in total. The van der Waals surface area contributed by atoms with Crippen molar-refractivity contribution >= 4 is 17.5 Å². The third-order valence-electron chi connectivity index (χ3n) is 2.66. The molecule has 0 bridgehead atoms. The first-order valence-electron chi connectivity index (χ1n) is 5.94. The van der Waals surface area contributed by atoms with E-state index in [-0.39, 0.29) is 12.5 Å². The second-order valence-corrected chi connectivity index (χ2v) is 4.59. The number of hydrogen-bond donors (Lipinski definition) is 2. The van der Waals surface area contributed by atoms with Crippen molar-refractivity contribution in [3.8, 4) is 0 Å². The van der Waals surface area contributed by atoms with Crippen LogP contribution >= 0.6 is 11.6 Å². The van der Waals surface area contributed by atoms with E-state index in [9.17, 15) is 18.3 Å². The fraction of sp³-hybridized carbons (Fsp3) is 0.231. The number of anilines is 1. The number of hydrogen-bond acceptors (Lipinski definition) is 4. The smallest absolute Gasteiger partial charge is 0.387 e. The Bertz CT molecular complexity index is 622. The molecule has 0 spiro atoms. The summed E-state index contributed by atoms with van der Waals surface area (Å²) in [6.45, 7) is -0.0644. The SMILES string of the molecule is OC(CNc1nccc(C(F)(F)F)n1)c1ccccc1Cl. The Labute approximate surface area is 123 Å². The Hall–Kier alpha value is -1.86. The van der Waals surface area contributed by atoms with Gasteiger partial charge in [0, 0.05) is 23.3 Å². The van der Waals surface area contributed by atoms with Crippen molar-refractivity contribution in [2.24, 2.45) is 0 Å². The predicted molar refractivity (Wildman–Crippen MR) is 71.9 cm³/mol. The summed E-state index contributed by atoms with van der Waals surface area (Å²) in [7, 11) is 0. The van der Waals surface area contributed by atoms with Crippen LogP contribution < -0.4 is 5.32 Å². The first kappa shape index (κ1) is 15.5. The second kappa shape index (κ2) is 6.28. The molecule has 2 rings (SSSR count). The Morgan fingerprint density at radius 2 is 1.95 bits per heavy atom. The molecule has 0 aliphatic rings. The van der Waals surface area contributed by atoms with Crippen molar-refractivity contribution in [1.82, 2.24) is 9.97 Å². The van der Waals surface area contributed by atoms with Crippen LogP contribution in [0, 0.1) is 0 Å². The van der Waals surface area contributed by atoms with E-state index in [1.54, 1.807) is 24.3 Å². The highest BCUT2D eigenvalue weighted by molar-refractivity contribution is 6.31. The van der Waals surface area contributed by atoms with E-state index in [0.717, 1.165) is 12.3 Å². The van der Waals surface area contributed by atoms with Gasteiger partial charge in [0.05, 0.1) is 6.10 Å². The standard InChI is InChI=1S/C13H11ClF3N3O/c14-9-4-2-1-3-8(9)10(21)7-19-12-18-6-5-11(20-12)13(15,16)17/h1-6,10,21H,7H2,(H,18,19,20). The summed E-state index contributed by atoms with van der Waals surface area (Å²) in [6, 6.07) is 7.42. The largest absolute Gasteiger partial charge is 0.433 e. The fourth-order valence-corrected chi connectivity index (χ4v) is 1.91. The monoisotopic (exact) mass is 317 g/mol. The number of aliphatic hydroxyl groups excluding tert-OH is 1. The summed E-state index contributed by atoms with van der Waals surface area (Å²) >= 11 is 5.92. The molecular weight excluding hydrogens is 307 g/mol. The lowest BCUT2D eigenvalue weighted by Gasteiger charge is -2.14. The zero-order chi connectivity index (χ0) is 15.5. The van der Waals surface area contributed by atoms with Crippen LogP contribution in [-0.4, -0.2) is 21.6 Å². The van der Waals surface area contributed by atoms with Gasteiger partial charge in [-0.1, -0.05) is 29.8 Å². The van der Waals surface area contributed by atoms with Crippen LogP contribution in [0.5, 0.6) is 0 Å². The predicted octanol–water partition coefficient (Wildman–Crippen LogP) is 3.29. The van der Waals surface area contributed by atoms with Gasteiger partial charge in [-0.2, -0.15) is 13.2 Å². The van der Waals surface area contributed by atoms with Gasteiger partial charge in [0.2, 0.25) is 5.95 Å². The van der Waals surface area contributed by atoms with Crippen molar-refractivity contribution in [1.29, 1.82) is 0 Å². The molecule has 0 aliphatic heterocycles. The number of benzene rings is 1. The van der Waals surface area contributed by atoms with Crippen molar-refractivity contribution in [3.05, 3.63) is 52.8 Å². The maximum atomic E-state index is 12.5. The van der Waals surface area contributed by atoms with Gasteiger partial charge in [-0.3, -0.25) is 0 Å². The van der Waals surface area contributed by atoms with E-state index in [4.69, 9.17) is 11.6 Å². The van der Waals surface area contributed by atoms with Crippen molar-refractivity contribution in [2.45, 2.75) is 12.3 Å². The molecule has 1 heterocycles. The summed E-state index contributed by atoms with van der Waals surface area (Å²) in [5.74, 6) is -0.212. The van der Waals surface area contributed by atoms with E-state index in [1.165, 1.54) is 0 Å². The second-order valence-electron chi connectivity index (χ2n) is 4.18. The summed E-state index contributed by atoms with van der Waals surface area (Å²) in [5.41, 5.74) is -0.578. The lowest BCUT2D eigenvalue weighted by molar-refractivity contribution is -0.141. The molecule has 4 nitrogen and oxygen atoms in total. The van der Waals surface area contributed by atoms with Crippen LogP contribution in [0.1, 0.15) is 17.4 Å². The number of nitrogens with zero attached hydrogens (tertiary/aromatic N) is 2. The highest BCUT2D eigenvalue weighted by Crippen LogP contribution is 2.28. The Morgan fingerprint density at radius 1 is 1.24 bits per heavy atom. The number of halogens is 4. The van der Waals surface area contributed by atoms with Crippen molar-refractivity contribution < 1.29 is 18.3 Å². The van der Waals surface area contributed by atoms with Crippen LogP contribution in [0.2, 0.25) is 5.02 Å². The average molecular weight is 318 g/mol. The highest BCUT2D eigenvalue weighted by Gasteiger charge is 2.32. The van der Waals surface area contributed by atoms with Gasteiger partial charge >= 0.3 is 6.18 Å². The molecule has 1 aromatic heterocycles. The Kier molecular flexibility index (Phi) is 4.64. The van der Waals surface area contributed by atoms with E-state index < -0.39 is 18.0 Å². The lowest BCUT2D eigenvalue weighted by Crippen LogP contribution is -2.16. The molecule has 1 atom stereocenters. The number of aromatic nitrogens is 2. The third-order valence-corrected chi connectivity index (χ3v) is 3.01. The van der Waals surface area contributed by atoms with Crippen LogP contribution in [0.15, 0.2) is 36.5 Å². The normalized spacial score (nSPS) is 13.0. The first-order chi connectivity index (χ1) is 9.88. The maximum absolute atomic E-state index is 12.5. The van der Waals surface area contributed by atoms with Crippen molar-refractivity contribution in [3.63, 3.8) is 0 Å². The van der Waals surface area contributed by atoms with Crippen molar-refractivity contribution in [2.75, 3.05) is 11.9 Å². The zero-order valence-corrected chi connectivity index (χ0v) is 11.4. The van der Waals surface area contributed by atoms with Crippen LogP contribution in [-0.2, 0) is 6.18 Å². The molecule has 0 fully saturated rings. The third kappa shape index (κ3) is 4.05. The molecule has 0 aliphatic carbocycles. The summed E-state index contributed by atoms with van der Waals surface area (Å²) in [6.07, 6.45) is -4.53. The Balaban J connectivity index is 2.05. The van der Waals surface area contributed by atoms with Crippen LogP contribution in [0.3, 0.4) is 0 Å². The lowest BCUT2D eigenvalue weighted by atomic mass is 10.1. The van der Waals surface area contributed by atoms with Gasteiger partial charge in [-0.05, 0) is 12.1 Å². The quantitative estimate of drug-likeness (QED) is 0.908. The number of aliphatic hydroxyl groups is 1. The minimum absolute atomic E-state index is 0.0644. The van der Waals surface area contributed by atoms with Gasteiger partial charge < -0.3 is 10.4 Å². The number of alkyl halides is 3. The molecule has 8 heteroatoms. The first-order valence-corrected chi connectivity index (χ1v) is 6.32. The van der Waals surface area contributed by atoms with E-state index in [2.05, 4.69) is 15.3 Å². The molecular formula is C13H11ClF3N3O. The maximum Gasteiger partial charge on any atom is 0.433 e. The highest BCUT2D eigenvalue weighted by atomic mass is 35.5. The van der Waals surface area contributed by atoms with Crippen LogP contribution in [0.25, 0.3) is 0 Å². The summed E-state index contributed by atoms with van der Waals surface area (Å²) < 4.78 is 37.5. The van der Waals surface area contributed by atoms with Gasteiger partial charge in [0.15, 0.2) is 0 Å². The molecule has 0 saturated heterocycles. The molecule has 112 valence electrons. The Morgan fingerprint density at radius 3 is 2.62 bits per heavy atom. The minimum atomic E-state index is -4.54. The average Bonchev–Trinajstić information content (AvgIpc) is 2.45. The number of nitrogens with one attached hydrogen (secondary N) is 1. The van der Waals surface area contributed by atoms with Gasteiger partial charge in [0.1, 0.15) is 5.69 Å². The van der Waals surface area contributed by atoms with Crippen LogP contribution in [0.4, 0.5) is 19.1 Å². The summed E-state index contributed by atoms with van der Waals surface area (Å²) in [5, 5.41) is 12.9. The molecule has 0 saturated carbocycles. The molecule has 1 aromatic carbocycles. The van der Waals surface area contributed by atoms with E-state index >= 15 is 0 Å². The summed E-state index contributed by atoms with van der Waals surface area (Å²) in [4.78, 5) is 7.02. The zero-order valence-electron chi connectivity index (χ0n) is 10.6.